The van der Waals surface area contributed by atoms with Gasteiger partial charge in [-0.05, 0) is 31.2 Å². The molecule has 0 bridgehead atoms. The van der Waals surface area contributed by atoms with Crippen LogP contribution in [0.25, 0.3) is 0 Å². The van der Waals surface area contributed by atoms with Gasteiger partial charge in [-0.3, -0.25) is 9.59 Å². The highest BCUT2D eigenvalue weighted by molar-refractivity contribution is 5.90. The molecule has 1 spiro atoms. The molecule has 3 heterocycles. The summed E-state index contributed by atoms with van der Waals surface area (Å²) in [5.41, 5.74) is 1.27. The van der Waals surface area contributed by atoms with Crippen molar-refractivity contribution >= 4 is 11.8 Å². The highest BCUT2D eigenvalue weighted by Gasteiger charge is 2.42. The summed E-state index contributed by atoms with van der Waals surface area (Å²) in [6.45, 7) is 2.97. The number of imidazole rings is 1. The normalized spacial score (nSPS) is 23.0. The zero-order chi connectivity index (χ0) is 18.7. The molecular weight excluding hydrogens is 340 g/mol. The van der Waals surface area contributed by atoms with Crippen LogP contribution in [-0.4, -0.2) is 57.8 Å². The van der Waals surface area contributed by atoms with Crippen molar-refractivity contribution < 1.29 is 9.59 Å². The molecule has 2 saturated heterocycles. The number of aromatic amines is 1. The highest BCUT2D eigenvalue weighted by Crippen LogP contribution is 2.39. The first-order valence-corrected chi connectivity index (χ1v) is 9.76. The van der Waals surface area contributed by atoms with E-state index in [-0.39, 0.29) is 17.2 Å². The average molecular weight is 366 g/mol. The number of aromatic nitrogens is 2. The minimum Gasteiger partial charge on any atom is -0.342 e. The van der Waals surface area contributed by atoms with Gasteiger partial charge >= 0.3 is 0 Å². The molecule has 0 aliphatic carbocycles. The van der Waals surface area contributed by atoms with Crippen LogP contribution in [0, 0.1) is 5.41 Å². The van der Waals surface area contributed by atoms with Crippen molar-refractivity contribution in [3.05, 3.63) is 54.1 Å². The summed E-state index contributed by atoms with van der Waals surface area (Å²) in [4.78, 5) is 36.1. The van der Waals surface area contributed by atoms with E-state index in [0.717, 1.165) is 45.3 Å². The lowest BCUT2D eigenvalue weighted by Crippen LogP contribution is -2.55. The van der Waals surface area contributed by atoms with E-state index in [1.54, 1.807) is 12.4 Å². The maximum absolute atomic E-state index is 12.7. The number of amides is 2. The van der Waals surface area contributed by atoms with E-state index in [0.29, 0.717) is 18.8 Å². The summed E-state index contributed by atoms with van der Waals surface area (Å²) in [6.07, 6.45) is 7.66. The fourth-order valence-electron chi connectivity index (χ4n) is 4.46. The number of piperidine rings is 2. The van der Waals surface area contributed by atoms with E-state index in [4.69, 9.17) is 0 Å². The molecular formula is C21H26N4O2. The van der Waals surface area contributed by atoms with E-state index in [9.17, 15) is 9.59 Å². The second-order valence-electron chi connectivity index (χ2n) is 7.82. The van der Waals surface area contributed by atoms with Crippen LogP contribution in [0.3, 0.4) is 0 Å². The molecule has 6 heteroatoms. The smallest absolute Gasteiger partial charge is 0.289 e. The number of nitrogens with zero attached hydrogens (tertiary/aromatic N) is 3. The third kappa shape index (κ3) is 3.89. The van der Waals surface area contributed by atoms with Gasteiger partial charge in [0.2, 0.25) is 5.91 Å². The minimum absolute atomic E-state index is 0.0189. The molecule has 1 unspecified atom stereocenters. The number of carbonyl (C=O) groups is 2. The van der Waals surface area contributed by atoms with Crippen molar-refractivity contribution in [2.45, 2.75) is 32.1 Å². The molecule has 142 valence electrons. The molecule has 6 nitrogen and oxygen atoms in total. The lowest BCUT2D eigenvalue weighted by atomic mass is 9.73. The van der Waals surface area contributed by atoms with Gasteiger partial charge in [-0.1, -0.05) is 30.3 Å². The van der Waals surface area contributed by atoms with Crippen LogP contribution in [0.2, 0.25) is 0 Å². The molecule has 27 heavy (non-hydrogen) atoms. The Morgan fingerprint density at radius 3 is 2.81 bits per heavy atom. The summed E-state index contributed by atoms with van der Waals surface area (Å²) in [5.74, 6) is 0.609. The number of benzene rings is 1. The Kier molecular flexibility index (Phi) is 4.97. The van der Waals surface area contributed by atoms with Gasteiger partial charge in [0.15, 0.2) is 5.82 Å². The van der Waals surface area contributed by atoms with E-state index >= 15 is 0 Å². The molecule has 1 N–H and O–H groups in total. The van der Waals surface area contributed by atoms with E-state index < -0.39 is 0 Å². The van der Waals surface area contributed by atoms with Crippen molar-refractivity contribution in [3.63, 3.8) is 0 Å². The largest absolute Gasteiger partial charge is 0.342 e. The van der Waals surface area contributed by atoms with Crippen molar-refractivity contribution in [2.24, 2.45) is 5.41 Å². The summed E-state index contributed by atoms with van der Waals surface area (Å²) in [7, 11) is 0. The average Bonchev–Trinajstić information content (AvgIpc) is 3.24. The lowest BCUT2D eigenvalue weighted by Gasteiger charge is -2.48. The second-order valence-corrected chi connectivity index (χ2v) is 7.82. The number of likely N-dealkylation sites (tertiary alicyclic amines) is 2. The molecule has 2 aliphatic heterocycles. The van der Waals surface area contributed by atoms with E-state index in [1.807, 2.05) is 28.0 Å². The minimum atomic E-state index is -0.0354. The zero-order valence-corrected chi connectivity index (χ0v) is 15.6. The Bertz CT molecular complexity index is 790. The molecule has 0 radical (unpaired) electrons. The van der Waals surface area contributed by atoms with E-state index in [1.165, 1.54) is 5.56 Å². The molecule has 1 aromatic heterocycles. The predicted octanol–water partition coefficient (Wildman–Crippen LogP) is 2.50. The Hall–Kier alpha value is -2.63. The Morgan fingerprint density at radius 2 is 2.04 bits per heavy atom. The lowest BCUT2D eigenvalue weighted by molar-refractivity contribution is -0.138. The standard InChI is InChI=1S/C21H26N4O2/c26-18-7-10-21(15-24(18)14-8-17-5-2-1-3-6-17)9-4-13-25(16-21)20(27)19-22-11-12-23-19/h1-3,5-6,11-12H,4,7-10,13-16H2,(H,22,23). The van der Waals surface area contributed by atoms with Crippen LogP contribution < -0.4 is 0 Å². The molecule has 4 rings (SSSR count). The first-order chi connectivity index (χ1) is 13.2. The summed E-state index contributed by atoms with van der Waals surface area (Å²) in [6, 6.07) is 10.3. The number of hydrogen-bond donors (Lipinski definition) is 1. The van der Waals surface area contributed by atoms with Crippen molar-refractivity contribution in [3.8, 4) is 0 Å². The predicted molar refractivity (Wildman–Crippen MR) is 102 cm³/mol. The molecule has 2 fully saturated rings. The molecule has 2 aromatic rings. The fourth-order valence-corrected chi connectivity index (χ4v) is 4.46. The fraction of sp³-hybridized carbons (Fsp3) is 0.476. The molecule has 2 amide bonds. The van der Waals surface area contributed by atoms with Gasteiger partial charge in [0, 0.05) is 50.4 Å². The Morgan fingerprint density at radius 1 is 1.19 bits per heavy atom. The summed E-state index contributed by atoms with van der Waals surface area (Å²) in [5, 5.41) is 0. The number of carbonyl (C=O) groups excluding carboxylic acids is 2. The first kappa shape index (κ1) is 17.8. The quantitative estimate of drug-likeness (QED) is 0.904. The molecule has 0 saturated carbocycles. The molecule has 2 aliphatic rings. The number of nitrogens with one attached hydrogen (secondary N) is 1. The second kappa shape index (κ2) is 7.55. The van der Waals surface area contributed by atoms with Gasteiger partial charge in [0.05, 0.1) is 0 Å². The van der Waals surface area contributed by atoms with Crippen LogP contribution in [0.5, 0.6) is 0 Å². The van der Waals surface area contributed by atoms with Gasteiger partial charge in [-0.25, -0.2) is 4.98 Å². The summed E-state index contributed by atoms with van der Waals surface area (Å²) >= 11 is 0. The van der Waals surface area contributed by atoms with Crippen LogP contribution in [-0.2, 0) is 11.2 Å². The first-order valence-electron chi connectivity index (χ1n) is 9.76. The Labute approximate surface area is 159 Å². The van der Waals surface area contributed by atoms with Gasteiger partial charge < -0.3 is 14.8 Å². The number of H-pyrrole nitrogens is 1. The van der Waals surface area contributed by atoms with Crippen molar-refractivity contribution in [2.75, 3.05) is 26.2 Å². The maximum atomic E-state index is 12.7. The number of rotatable bonds is 4. The molecule has 1 aromatic carbocycles. The van der Waals surface area contributed by atoms with Crippen LogP contribution >= 0.6 is 0 Å². The van der Waals surface area contributed by atoms with Gasteiger partial charge in [0.1, 0.15) is 0 Å². The van der Waals surface area contributed by atoms with Gasteiger partial charge in [0.25, 0.3) is 5.91 Å². The topological polar surface area (TPSA) is 69.3 Å². The third-order valence-electron chi connectivity index (χ3n) is 5.91. The maximum Gasteiger partial charge on any atom is 0.289 e. The number of hydrogen-bond acceptors (Lipinski definition) is 3. The van der Waals surface area contributed by atoms with Crippen molar-refractivity contribution in [1.29, 1.82) is 0 Å². The molecule has 1 atom stereocenters. The monoisotopic (exact) mass is 366 g/mol. The SMILES string of the molecule is O=C1CCC2(CCCN(C(=O)c3ncc[nH]3)C2)CN1CCc1ccccc1. The van der Waals surface area contributed by atoms with Crippen molar-refractivity contribution in [1.82, 2.24) is 19.8 Å². The zero-order valence-electron chi connectivity index (χ0n) is 15.6. The van der Waals surface area contributed by atoms with Gasteiger partial charge in [-0.15, -0.1) is 0 Å². The van der Waals surface area contributed by atoms with E-state index in [2.05, 4.69) is 22.1 Å². The Balaban J connectivity index is 1.42. The highest BCUT2D eigenvalue weighted by atomic mass is 16.2. The summed E-state index contributed by atoms with van der Waals surface area (Å²) < 4.78 is 0. The third-order valence-corrected chi connectivity index (χ3v) is 5.91. The van der Waals surface area contributed by atoms with Gasteiger partial charge in [-0.2, -0.15) is 0 Å². The van der Waals surface area contributed by atoms with Crippen LogP contribution in [0.4, 0.5) is 0 Å². The van der Waals surface area contributed by atoms with Crippen LogP contribution in [0.1, 0.15) is 41.9 Å². The van der Waals surface area contributed by atoms with Crippen LogP contribution in [0.15, 0.2) is 42.7 Å².